The predicted octanol–water partition coefficient (Wildman–Crippen LogP) is 4.30. The van der Waals surface area contributed by atoms with Crippen LogP contribution in [-0.2, 0) is 20.2 Å². The van der Waals surface area contributed by atoms with Gasteiger partial charge in [-0.05, 0) is 18.9 Å². The maximum Gasteiger partial charge on any atom is 0.213 e. The molecule has 2 atom stereocenters. The van der Waals surface area contributed by atoms with Gasteiger partial charge >= 0.3 is 0 Å². The van der Waals surface area contributed by atoms with Gasteiger partial charge in [0.15, 0.2) is 0 Å². The summed E-state index contributed by atoms with van der Waals surface area (Å²) in [5, 5.41) is 1.90. The molecule has 2 unspecified atom stereocenters. The molecule has 3 rings (SSSR count). The summed E-state index contributed by atoms with van der Waals surface area (Å²) in [5.41, 5.74) is 1.25. The first-order chi connectivity index (χ1) is 11.7. The zero-order chi connectivity index (χ0) is 17.2. The van der Waals surface area contributed by atoms with Crippen LogP contribution in [0.1, 0.15) is 51.5 Å². The maximum atomic E-state index is 5.89. The van der Waals surface area contributed by atoms with Crippen LogP contribution in [0.2, 0.25) is 0 Å². The van der Waals surface area contributed by atoms with E-state index in [9.17, 15) is 0 Å². The first-order valence-electron chi connectivity index (χ1n) is 8.82. The number of unbranched alkanes of at least 4 members (excludes halogenated alkanes) is 2. The summed E-state index contributed by atoms with van der Waals surface area (Å²) in [6.07, 6.45) is 5.71. The molecule has 0 amide bonds. The second-order valence-corrected chi connectivity index (χ2v) is 6.30. The van der Waals surface area contributed by atoms with Crippen LogP contribution in [0.5, 0.6) is 5.75 Å². The quantitative estimate of drug-likeness (QED) is 0.498. The van der Waals surface area contributed by atoms with Crippen LogP contribution in [-0.4, -0.2) is 25.3 Å². The Bertz CT molecular complexity index is 615. The molecule has 1 aromatic carbocycles. The molecule has 1 aliphatic carbocycles. The molecule has 0 aromatic heterocycles. The molecule has 0 radical (unpaired) electrons. The van der Waals surface area contributed by atoms with Crippen molar-refractivity contribution in [1.82, 2.24) is 5.06 Å². The third-order valence-corrected chi connectivity index (χ3v) is 4.96. The molecule has 0 saturated carbocycles. The Balaban J connectivity index is 1.82. The molecule has 132 valence electrons. The van der Waals surface area contributed by atoms with Crippen LogP contribution < -0.4 is 4.74 Å². The lowest BCUT2D eigenvalue weighted by Crippen LogP contribution is -2.37. The van der Waals surface area contributed by atoms with Crippen LogP contribution in [0.3, 0.4) is 0 Å². The van der Waals surface area contributed by atoms with Crippen molar-refractivity contribution in [3.8, 4) is 5.75 Å². The van der Waals surface area contributed by atoms with Crippen molar-refractivity contribution >= 4 is 0 Å². The van der Waals surface area contributed by atoms with Gasteiger partial charge in [-0.1, -0.05) is 56.3 Å². The van der Waals surface area contributed by atoms with Crippen molar-refractivity contribution in [2.24, 2.45) is 0 Å². The standard InChI is InChI=1S/C19H27NO4/c1-5-7-8-11-14(6-2)20-17-18(23-24-20)19(17,22-4)15-12-9-10-13-16(15)21-3/h9-10,12-14H,5-8,11H2,1-4H3. The average molecular weight is 333 g/mol. The Morgan fingerprint density at radius 1 is 1.17 bits per heavy atom. The Morgan fingerprint density at radius 2 is 1.96 bits per heavy atom. The van der Waals surface area contributed by atoms with Crippen molar-refractivity contribution in [3.63, 3.8) is 0 Å². The minimum atomic E-state index is -0.678. The Hall–Kier alpha value is -1.72. The van der Waals surface area contributed by atoms with Crippen LogP contribution >= 0.6 is 0 Å². The van der Waals surface area contributed by atoms with Gasteiger partial charge in [0.2, 0.25) is 11.4 Å². The van der Waals surface area contributed by atoms with Gasteiger partial charge in [0.1, 0.15) is 11.4 Å². The molecule has 0 spiro atoms. The first kappa shape index (κ1) is 17.1. The smallest absolute Gasteiger partial charge is 0.213 e. The van der Waals surface area contributed by atoms with Gasteiger partial charge in [0.25, 0.3) is 0 Å². The topological polar surface area (TPSA) is 40.2 Å². The second-order valence-electron chi connectivity index (χ2n) is 6.30. The number of hydrogen-bond donors (Lipinski definition) is 0. The normalized spacial score (nSPS) is 23.1. The van der Waals surface area contributed by atoms with Crippen molar-refractivity contribution in [2.45, 2.75) is 57.6 Å². The number of nitrogens with zero attached hydrogens (tertiary/aromatic N) is 1. The lowest BCUT2D eigenvalue weighted by molar-refractivity contribution is -0.400. The summed E-state index contributed by atoms with van der Waals surface area (Å²) in [7, 11) is 3.37. The van der Waals surface area contributed by atoms with Gasteiger partial charge in [-0.15, -0.1) is 0 Å². The second kappa shape index (κ2) is 7.03. The van der Waals surface area contributed by atoms with Crippen LogP contribution in [0.15, 0.2) is 35.7 Å². The number of methoxy groups -OCH3 is 2. The van der Waals surface area contributed by atoms with E-state index in [0.717, 1.165) is 35.6 Å². The molecular weight excluding hydrogens is 306 g/mol. The summed E-state index contributed by atoms with van der Waals surface area (Å²) >= 11 is 0. The van der Waals surface area contributed by atoms with E-state index < -0.39 is 5.60 Å². The van der Waals surface area contributed by atoms with Crippen LogP contribution in [0.4, 0.5) is 0 Å². The first-order valence-corrected chi connectivity index (χ1v) is 8.82. The summed E-state index contributed by atoms with van der Waals surface area (Å²) < 4.78 is 11.4. The van der Waals surface area contributed by atoms with Gasteiger partial charge in [-0.3, -0.25) is 0 Å². The molecule has 1 aromatic rings. The molecule has 5 nitrogen and oxygen atoms in total. The van der Waals surface area contributed by atoms with Crippen molar-refractivity contribution < 1.29 is 19.3 Å². The highest BCUT2D eigenvalue weighted by molar-refractivity contribution is 5.60. The zero-order valence-corrected chi connectivity index (χ0v) is 15.0. The highest BCUT2D eigenvalue weighted by Gasteiger charge is 2.68. The summed E-state index contributed by atoms with van der Waals surface area (Å²) in [6.45, 7) is 4.40. The van der Waals surface area contributed by atoms with Crippen molar-refractivity contribution in [1.29, 1.82) is 0 Å². The van der Waals surface area contributed by atoms with E-state index in [0.29, 0.717) is 0 Å². The molecule has 0 bridgehead atoms. The molecule has 1 heterocycles. The van der Waals surface area contributed by atoms with Crippen molar-refractivity contribution in [2.75, 3.05) is 14.2 Å². The minimum Gasteiger partial charge on any atom is -0.496 e. The SMILES string of the molecule is CCCCCC(CC)N1OOC2=C1C2(OC)c1ccccc1OC. The number of ether oxygens (including phenoxy) is 2. The predicted molar refractivity (Wildman–Crippen MR) is 90.9 cm³/mol. The fourth-order valence-electron chi connectivity index (χ4n) is 3.54. The van der Waals surface area contributed by atoms with Crippen molar-refractivity contribution in [3.05, 3.63) is 41.3 Å². The molecule has 0 N–H and O–H groups in total. The van der Waals surface area contributed by atoms with Gasteiger partial charge in [-0.25, -0.2) is 5.06 Å². The van der Waals surface area contributed by atoms with E-state index in [-0.39, 0.29) is 6.04 Å². The third kappa shape index (κ3) is 2.56. The largest absolute Gasteiger partial charge is 0.496 e. The molecule has 2 aliphatic rings. The Morgan fingerprint density at radius 3 is 2.62 bits per heavy atom. The zero-order valence-electron chi connectivity index (χ0n) is 15.0. The fourth-order valence-corrected chi connectivity index (χ4v) is 3.54. The number of hydroxylamine groups is 2. The van der Waals surface area contributed by atoms with E-state index in [2.05, 4.69) is 13.8 Å². The average Bonchev–Trinajstić information content (AvgIpc) is 3.06. The van der Waals surface area contributed by atoms with E-state index in [4.69, 9.17) is 19.3 Å². The van der Waals surface area contributed by atoms with E-state index in [1.54, 1.807) is 14.2 Å². The molecular formula is C19H27NO4. The number of para-hydroxylation sites is 1. The summed E-state index contributed by atoms with van der Waals surface area (Å²) in [4.78, 5) is 11.0. The molecule has 1 aliphatic heterocycles. The fraction of sp³-hybridized carbons (Fsp3) is 0.579. The minimum absolute atomic E-state index is 0.288. The number of benzene rings is 1. The van der Waals surface area contributed by atoms with Gasteiger partial charge < -0.3 is 14.4 Å². The van der Waals surface area contributed by atoms with Gasteiger partial charge in [-0.2, -0.15) is 0 Å². The monoisotopic (exact) mass is 333 g/mol. The van der Waals surface area contributed by atoms with Gasteiger partial charge in [0, 0.05) is 12.7 Å². The van der Waals surface area contributed by atoms with Crippen LogP contribution in [0, 0.1) is 0 Å². The highest BCUT2D eigenvalue weighted by Crippen LogP contribution is 2.62. The molecule has 0 fully saturated rings. The van der Waals surface area contributed by atoms with E-state index in [1.165, 1.54) is 19.3 Å². The molecule has 0 saturated heterocycles. The summed E-state index contributed by atoms with van der Waals surface area (Å²) in [5.74, 6) is 1.53. The summed E-state index contributed by atoms with van der Waals surface area (Å²) in [6, 6.07) is 8.18. The number of hydrogen-bond acceptors (Lipinski definition) is 5. The van der Waals surface area contributed by atoms with Gasteiger partial charge in [0.05, 0.1) is 13.2 Å². The van der Waals surface area contributed by atoms with E-state index >= 15 is 0 Å². The third-order valence-electron chi connectivity index (χ3n) is 4.96. The Kier molecular flexibility index (Phi) is 5.01. The molecule has 5 heteroatoms. The lowest BCUT2D eigenvalue weighted by Gasteiger charge is -2.32. The van der Waals surface area contributed by atoms with Crippen LogP contribution in [0.25, 0.3) is 0 Å². The Labute approximate surface area is 144 Å². The molecule has 24 heavy (non-hydrogen) atoms. The lowest BCUT2D eigenvalue weighted by atomic mass is 10.0. The number of rotatable bonds is 9. The van der Waals surface area contributed by atoms with E-state index in [1.807, 2.05) is 29.3 Å². The maximum absolute atomic E-state index is 5.89. The highest BCUT2D eigenvalue weighted by atomic mass is 17.3.